The molecule has 4 heteroatoms. The number of nitrogens with zero attached hydrogens (tertiary/aromatic N) is 2. The average Bonchev–Trinajstić information content (AvgIpc) is 2.23. The predicted molar refractivity (Wildman–Crippen MR) is 68.4 cm³/mol. The van der Waals surface area contributed by atoms with Crippen molar-refractivity contribution in [1.29, 1.82) is 0 Å². The van der Waals surface area contributed by atoms with Crippen LogP contribution in [-0.2, 0) is 0 Å². The van der Waals surface area contributed by atoms with Gasteiger partial charge in [0, 0.05) is 18.3 Å². The van der Waals surface area contributed by atoms with Gasteiger partial charge in [0.1, 0.15) is 0 Å². The third-order valence-corrected chi connectivity index (χ3v) is 3.06. The Bertz CT molecular complexity index is 364. The molecule has 0 radical (unpaired) electrons. The molecule has 1 saturated carbocycles. The third kappa shape index (κ3) is 3.58. The van der Waals surface area contributed by atoms with Gasteiger partial charge in [0.05, 0.1) is 6.61 Å². The van der Waals surface area contributed by atoms with Crippen molar-refractivity contribution in [2.45, 2.75) is 39.5 Å². The molecule has 0 aliphatic heterocycles. The molecule has 0 spiro atoms. The molecule has 4 nitrogen and oxygen atoms in total. The van der Waals surface area contributed by atoms with E-state index < -0.39 is 0 Å². The summed E-state index contributed by atoms with van der Waals surface area (Å²) in [7, 11) is 0. The minimum absolute atomic E-state index is 0.676. The zero-order chi connectivity index (χ0) is 12.1. The first kappa shape index (κ1) is 12.1. The Kier molecular flexibility index (Phi) is 4.18. The van der Waals surface area contributed by atoms with Crippen molar-refractivity contribution in [2.24, 2.45) is 5.92 Å². The normalized spacial score (nSPS) is 15.4. The van der Waals surface area contributed by atoms with Crippen molar-refractivity contribution in [3.63, 3.8) is 0 Å². The molecule has 0 unspecified atom stereocenters. The van der Waals surface area contributed by atoms with Crippen molar-refractivity contribution < 1.29 is 4.74 Å². The smallest absolute Gasteiger partial charge is 0.226 e. The van der Waals surface area contributed by atoms with E-state index in [2.05, 4.69) is 22.2 Å². The van der Waals surface area contributed by atoms with Crippen LogP contribution in [-0.4, -0.2) is 23.1 Å². The van der Waals surface area contributed by atoms with Crippen LogP contribution < -0.4 is 10.1 Å². The number of aryl methyl sites for hydroxylation is 1. The number of hydrogen-bond donors (Lipinski definition) is 1. The molecule has 1 N–H and O–H groups in total. The SMILES string of the molecule is CCCOc1cc(C)nc(NCC2CCC2)n1. The highest BCUT2D eigenvalue weighted by Gasteiger charge is 2.17. The van der Waals surface area contributed by atoms with E-state index in [0.717, 1.165) is 24.6 Å². The van der Waals surface area contributed by atoms with Gasteiger partial charge in [0.25, 0.3) is 0 Å². The van der Waals surface area contributed by atoms with Crippen LogP contribution >= 0.6 is 0 Å². The minimum atomic E-state index is 0.676. The molecule has 1 aromatic rings. The van der Waals surface area contributed by atoms with Gasteiger partial charge in [-0.25, -0.2) is 4.98 Å². The molecule has 0 atom stereocenters. The van der Waals surface area contributed by atoms with E-state index in [4.69, 9.17) is 4.74 Å². The Balaban J connectivity index is 1.92. The van der Waals surface area contributed by atoms with Crippen LogP contribution in [0, 0.1) is 12.8 Å². The molecule has 1 aromatic heterocycles. The largest absolute Gasteiger partial charge is 0.478 e. The minimum Gasteiger partial charge on any atom is -0.478 e. The van der Waals surface area contributed by atoms with Gasteiger partial charge < -0.3 is 10.1 Å². The number of nitrogens with one attached hydrogen (secondary N) is 1. The molecule has 2 rings (SSSR count). The Morgan fingerprint density at radius 3 is 2.88 bits per heavy atom. The monoisotopic (exact) mass is 235 g/mol. The first-order valence-electron chi connectivity index (χ1n) is 6.50. The van der Waals surface area contributed by atoms with E-state index in [-0.39, 0.29) is 0 Å². The summed E-state index contributed by atoms with van der Waals surface area (Å²) in [6, 6.07) is 1.88. The van der Waals surface area contributed by atoms with Crippen LogP contribution in [0.1, 0.15) is 38.3 Å². The van der Waals surface area contributed by atoms with Crippen molar-refractivity contribution in [3.8, 4) is 5.88 Å². The Morgan fingerprint density at radius 2 is 2.24 bits per heavy atom. The zero-order valence-electron chi connectivity index (χ0n) is 10.7. The summed E-state index contributed by atoms with van der Waals surface area (Å²) in [4.78, 5) is 8.73. The van der Waals surface area contributed by atoms with E-state index in [0.29, 0.717) is 18.4 Å². The van der Waals surface area contributed by atoms with E-state index in [9.17, 15) is 0 Å². The molecular weight excluding hydrogens is 214 g/mol. The molecule has 0 aromatic carbocycles. The summed E-state index contributed by atoms with van der Waals surface area (Å²) in [5.41, 5.74) is 0.946. The molecule has 1 fully saturated rings. The van der Waals surface area contributed by atoms with Crippen molar-refractivity contribution in [2.75, 3.05) is 18.5 Å². The average molecular weight is 235 g/mol. The highest BCUT2D eigenvalue weighted by molar-refractivity contribution is 5.30. The summed E-state index contributed by atoms with van der Waals surface area (Å²) in [6.07, 6.45) is 5.02. The fourth-order valence-corrected chi connectivity index (χ4v) is 1.83. The van der Waals surface area contributed by atoms with Gasteiger partial charge >= 0.3 is 0 Å². The maximum absolute atomic E-state index is 5.53. The lowest BCUT2D eigenvalue weighted by Gasteiger charge is -2.25. The van der Waals surface area contributed by atoms with Crippen LogP contribution in [0.2, 0.25) is 0 Å². The molecule has 1 aliphatic carbocycles. The first-order valence-corrected chi connectivity index (χ1v) is 6.50. The molecule has 0 bridgehead atoms. The van der Waals surface area contributed by atoms with Crippen molar-refractivity contribution in [1.82, 2.24) is 9.97 Å². The van der Waals surface area contributed by atoms with Gasteiger partial charge in [-0.3, -0.25) is 0 Å². The van der Waals surface area contributed by atoms with Crippen LogP contribution in [0.5, 0.6) is 5.88 Å². The highest BCUT2D eigenvalue weighted by atomic mass is 16.5. The summed E-state index contributed by atoms with van der Waals surface area (Å²) < 4.78 is 5.53. The highest BCUT2D eigenvalue weighted by Crippen LogP contribution is 2.26. The van der Waals surface area contributed by atoms with Crippen LogP contribution in [0.25, 0.3) is 0 Å². The molecule has 1 heterocycles. The Hall–Kier alpha value is -1.32. The fraction of sp³-hybridized carbons (Fsp3) is 0.692. The zero-order valence-corrected chi connectivity index (χ0v) is 10.7. The quantitative estimate of drug-likeness (QED) is 0.823. The van der Waals surface area contributed by atoms with Crippen LogP contribution in [0.4, 0.5) is 5.95 Å². The van der Waals surface area contributed by atoms with Crippen LogP contribution in [0.15, 0.2) is 6.07 Å². The maximum atomic E-state index is 5.53. The lowest BCUT2D eigenvalue weighted by Crippen LogP contribution is -2.22. The molecule has 0 amide bonds. The number of rotatable bonds is 6. The molecular formula is C13H21N3O. The second-order valence-electron chi connectivity index (χ2n) is 4.70. The molecule has 1 aliphatic rings. The molecule has 17 heavy (non-hydrogen) atoms. The van der Waals surface area contributed by atoms with E-state index in [1.807, 2.05) is 13.0 Å². The van der Waals surface area contributed by atoms with E-state index in [1.165, 1.54) is 19.3 Å². The molecule has 0 saturated heterocycles. The maximum Gasteiger partial charge on any atom is 0.226 e. The van der Waals surface area contributed by atoms with Gasteiger partial charge in [0.15, 0.2) is 0 Å². The second kappa shape index (κ2) is 5.84. The van der Waals surface area contributed by atoms with Gasteiger partial charge in [0.2, 0.25) is 11.8 Å². The van der Waals surface area contributed by atoms with Crippen LogP contribution in [0.3, 0.4) is 0 Å². The van der Waals surface area contributed by atoms with Gasteiger partial charge in [-0.1, -0.05) is 13.3 Å². The lowest BCUT2D eigenvalue weighted by molar-refractivity contribution is 0.304. The van der Waals surface area contributed by atoms with Crippen molar-refractivity contribution >= 4 is 5.95 Å². The topological polar surface area (TPSA) is 47.0 Å². The van der Waals surface area contributed by atoms with E-state index >= 15 is 0 Å². The summed E-state index contributed by atoms with van der Waals surface area (Å²) in [5, 5.41) is 3.30. The second-order valence-corrected chi connectivity index (χ2v) is 4.70. The van der Waals surface area contributed by atoms with E-state index in [1.54, 1.807) is 0 Å². The Morgan fingerprint density at radius 1 is 1.41 bits per heavy atom. The van der Waals surface area contributed by atoms with Gasteiger partial charge in [-0.15, -0.1) is 0 Å². The van der Waals surface area contributed by atoms with Gasteiger partial charge in [-0.2, -0.15) is 4.98 Å². The standard InChI is InChI=1S/C13H21N3O/c1-3-7-17-12-8-10(2)15-13(16-12)14-9-11-5-4-6-11/h8,11H,3-7,9H2,1-2H3,(H,14,15,16). The van der Waals surface area contributed by atoms with Gasteiger partial charge in [-0.05, 0) is 32.1 Å². The van der Waals surface area contributed by atoms with Crippen molar-refractivity contribution in [3.05, 3.63) is 11.8 Å². The first-order chi connectivity index (χ1) is 8.28. The lowest BCUT2D eigenvalue weighted by atomic mass is 9.85. The predicted octanol–water partition coefficient (Wildman–Crippen LogP) is 2.79. The number of hydrogen-bond acceptors (Lipinski definition) is 4. The Labute approximate surface area is 103 Å². The number of ether oxygens (including phenoxy) is 1. The molecule has 94 valence electrons. The summed E-state index contributed by atoms with van der Waals surface area (Å²) >= 11 is 0. The summed E-state index contributed by atoms with van der Waals surface area (Å²) in [6.45, 7) is 5.74. The summed E-state index contributed by atoms with van der Waals surface area (Å²) in [5.74, 6) is 2.18. The number of anilines is 1. The fourth-order valence-electron chi connectivity index (χ4n) is 1.83. The third-order valence-electron chi connectivity index (χ3n) is 3.06. The number of aromatic nitrogens is 2.